The van der Waals surface area contributed by atoms with E-state index in [0.29, 0.717) is 0 Å². The zero-order chi connectivity index (χ0) is 11.6. The van der Waals surface area contributed by atoms with Crippen molar-refractivity contribution in [3.63, 3.8) is 0 Å². The van der Waals surface area contributed by atoms with Crippen LogP contribution in [0.2, 0.25) is 0 Å². The summed E-state index contributed by atoms with van der Waals surface area (Å²) in [6.45, 7) is 0. The second-order valence-corrected chi connectivity index (χ2v) is 2.72. The molecule has 0 saturated heterocycles. The SMILES string of the molecule is COC(=O)c1ccc([N+](=O)[O-])c(=O)n1C. The molecule has 0 aliphatic heterocycles. The van der Waals surface area contributed by atoms with Crippen LogP contribution >= 0.6 is 0 Å². The van der Waals surface area contributed by atoms with E-state index in [1.165, 1.54) is 13.1 Å². The molecule has 0 bridgehead atoms. The molecule has 0 aromatic carbocycles. The van der Waals surface area contributed by atoms with E-state index >= 15 is 0 Å². The minimum Gasteiger partial charge on any atom is -0.464 e. The van der Waals surface area contributed by atoms with Gasteiger partial charge in [0.05, 0.1) is 12.0 Å². The van der Waals surface area contributed by atoms with Crippen LogP contribution in [0.1, 0.15) is 10.5 Å². The summed E-state index contributed by atoms with van der Waals surface area (Å²) in [7, 11) is 2.43. The van der Waals surface area contributed by atoms with Crippen molar-refractivity contribution in [3.8, 4) is 0 Å². The fourth-order valence-corrected chi connectivity index (χ4v) is 1.07. The van der Waals surface area contributed by atoms with Gasteiger partial charge in [0.25, 0.3) is 0 Å². The van der Waals surface area contributed by atoms with Gasteiger partial charge in [0.2, 0.25) is 0 Å². The van der Waals surface area contributed by atoms with Gasteiger partial charge in [0.1, 0.15) is 5.69 Å². The average molecular weight is 212 g/mol. The molecule has 7 nitrogen and oxygen atoms in total. The van der Waals surface area contributed by atoms with Crippen LogP contribution in [0.25, 0.3) is 0 Å². The predicted octanol–water partition coefficient (Wildman–Crippen LogP) is 0.0801. The third kappa shape index (κ3) is 1.85. The predicted molar refractivity (Wildman–Crippen MR) is 49.7 cm³/mol. The van der Waals surface area contributed by atoms with Gasteiger partial charge in [-0.1, -0.05) is 0 Å². The van der Waals surface area contributed by atoms with Crippen molar-refractivity contribution in [1.29, 1.82) is 0 Å². The van der Waals surface area contributed by atoms with Crippen molar-refractivity contribution < 1.29 is 14.5 Å². The summed E-state index contributed by atoms with van der Waals surface area (Å²) in [4.78, 5) is 32.1. The molecule has 0 atom stereocenters. The Bertz CT molecular complexity index is 476. The smallest absolute Gasteiger partial charge is 0.354 e. The number of methoxy groups -OCH3 is 1. The lowest BCUT2D eigenvalue weighted by Crippen LogP contribution is -2.25. The highest BCUT2D eigenvalue weighted by molar-refractivity contribution is 5.87. The largest absolute Gasteiger partial charge is 0.464 e. The van der Waals surface area contributed by atoms with E-state index in [1.807, 2.05) is 0 Å². The van der Waals surface area contributed by atoms with Crippen LogP contribution in [0.5, 0.6) is 0 Å². The van der Waals surface area contributed by atoms with Crippen molar-refractivity contribution >= 4 is 11.7 Å². The first kappa shape index (κ1) is 10.9. The maximum Gasteiger partial charge on any atom is 0.354 e. The summed E-state index contributed by atoms with van der Waals surface area (Å²) in [6.07, 6.45) is 0. The summed E-state index contributed by atoms with van der Waals surface area (Å²) >= 11 is 0. The fraction of sp³-hybridized carbons (Fsp3) is 0.250. The number of hydrogen-bond acceptors (Lipinski definition) is 5. The molecule has 1 aromatic heterocycles. The summed E-state index contributed by atoms with van der Waals surface area (Å²) in [5.74, 6) is -0.718. The summed E-state index contributed by atoms with van der Waals surface area (Å²) in [5, 5.41) is 10.4. The van der Waals surface area contributed by atoms with Gasteiger partial charge in [0.15, 0.2) is 0 Å². The molecule has 0 unspecified atom stereocenters. The maximum atomic E-state index is 11.4. The molecule has 15 heavy (non-hydrogen) atoms. The Morgan fingerprint density at radius 2 is 2.13 bits per heavy atom. The molecule has 0 spiro atoms. The first-order valence-electron chi connectivity index (χ1n) is 3.91. The molecule has 1 heterocycles. The van der Waals surface area contributed by atoms with Crippen LogP contribution in [0.4, 0.5) is 5.69 Å². The van der Waals surface area contributed by atoms with Gasteiger partial charge in [0, 0.05) is 13.1 Å². The van der Waals surface area contributed by atoms with Gasteiger partial charge < -0.3 is 4.74 Å². The first-order chi connectivity index (χ1) is 6.99. The Morgan fingerprint density at radius 1 is 1.53 bits per heavy atom. The van der Waals surface area contributed by atoms with Crippen LogP contribution < -0.4 is 5.56 Å². The number of ether oxygens (including phenoxy) is 1. The number of nitro groups is 1. The molecule has 0 aliphatic carbocycles. The minimum atomic E-state index is -0.845. The number of carbonyl (C=O) groups excluding carboxylic acids is 1. The Labute approximate surface area is 84.0 Å². The number of rotatable bonds is 2. The number of hydrogen-bond donors (Lipinski definition) is 0. The summed E-state index contributed by atoms with van der Waals surface area (Å²) < 4.78 is 5.28. The average Bonchev–Trinajstić information content (AvgIpc) is 2.20. The highest BCUT2D eigenvalue weighted by Crippen LogP contribution is 2.06. The lowest BCUT2D eigenvalue weighted by molar-refractivity contribution is -0.386. The zero-order valence-corrected chi connectivity index (χ0v) is 8.09. The lowest BCUT2D eigenvalue weighted by Gasteiger charge is -2.04. The van der Waals surface area contributed by atoms with Gasteiger partial charge in [-0.3, -0.25) is 19.5 Å². The zero-order valence-electron chi connectivity index (χ0n) is 8.09. The number of esters is 1. The van der Waals surface area contributed by atoms with E-state index in [4.69, 9.17) is 0 Å². The van der Waals surface area contributed by atoms with Crippen LogP contribution in [-0.2, 0) is 11.8 Å². The van der Waals surface area contributed by atoms with Crippen molar-refractivity contribution in [1.82, 2.24) is 4.57 Å². The molecule has 0 amide bonds. The summed E-state index contributed by atoms with van der Waals surface area (Å²) in [6, 6.07) is 2.15. The second kappa shape index (κ2) is 3.91. The Kier molecular flexibility index (Phi) is 2.84. The van der Waals surface area contributed by atoms with Gasteiger partial charge in [-0.25, -0.2) is 4.79 Å². The molecular weight excluding hydrogens is 204 g/mol. The Balaban J connectivity index is 3.41. The van der Waals surface area contributed by atoms with Crippen LogP contribution in [0.3, 0.4) is 0 Å². The Hall–Kier alpha value is -2.18. The minimum absolute atomic E-state index is 0.0342. The Morgan fingerprint density at radius 3 is 2.60 bits per heavy atom. The standard InChI is InChI=1S/C8H8N2O5/c1-9-6(8(12)15-2)4-3-5(7(9)11)10(13)14/h3-4H,1-2H3. The van der Waals surface area contributed by atoms with Crippen LogP contribution in [0.15, 0.2) is 16.9 Å². The van der Waals surface area contributed by atoms with E-state index in [-0.39, 0.29) is 5.69 Å². The molecule has 0 aliphatic rings. The maximum absolute atomic E-state index is 11.4. The van der Waals surface area contributed by atoms with E-state index < -0.39 is 22.1 Å². The monoisotopic (exact) mass is 212 g/mol. The van der Waals surface area contributed by atoms with Crippen LogP contribution in [0, 0.1) is 10.1 Å². The summed E-state index contributed by atoms with van der Waals surface area (Å²) in [5.41, 5.74) is -1.46. The number of aromatic nitrogens is 1. The molecular formula is C8H8N2O5. The van der Waals surface area contributed by atoms with Gasteiger partial charge in [-0.15, -0.1) is 0 Å². The number of nitrogens with zero attached hydrogens (tertiary/aromatic N) is 2. The highest BCUT2D eigenvalue weighted by atomic mass is 16.6. The van der Waals surface area contributed by atoms with Gasteiger partial charge >= 0.3 is 17.2 Å². The third-order valence-corrected chi connectivity index (χ3v) is 1.88. The molecule has 1 aromatic rings. The fourth-order valence-electron chi connectivity index (χ4n) is 1.07. The van der Waals surface area contributed by atoms with Crippen LogP contribution in [-0.4, -0.2) is 22.6 Å². The molecule has 7 heteroatoms. The normalized spacial score (nSPS) is 9.73. The van der Waals surface area contributed by atoms with Crippen molar-refractivity contribution in [2.24, 2.45) is 7.05 Å². The molecule has 0 N–H and O–H groups in total. The quantitative estimate of drug-likeness (QED) is 0.393. The number of carbonyl (C=O) groups is 1. The van der Waals surface area contributed by atoms with E-state index in [2.05, 4.69) is 4.74 Å². The third-order valence-electron chi connectivity index (χ3n) is 1.88. The second-order valence-electron chi connectivity index (χ2n) is 2.72. The first-order valence-corrected chi connectivity index (χ1v) is 3.91. The lowest BCUT2D eigenvalue weighted by atomic mass is 10.3. The van der Waals surface area contributed by atoms with Crippen molar-refractivity contribution in [2.75, 3.05) is 7.11 Å². The van der Waals surface area contributed by atoms with Crippen molar-refractivity contribution in [2.45, 2.75) is 0 Å². The molecule has 80 valence electrons. The molecule has 1 rings (SSSR count). The highest BCUT2D eigenvalue weighted by Gasteiger charge is 2.18. The molecule has 0 fully saturated rings. The molecule has 0 saturated carbocycles. The topological polar surface area (TPSA) is 91.4 Å². The van der Waals surface area contributed by atoms with E-state index in [1.54, 1.807) is 0 Å². The molecule has 0 radical (unpaired) electrons. The number of pyridine rings is 1. The van der Waals surface area contributed by atoms with E-state index in [0.717, 1.165) is 17.7 Å². The van der Waals surface area contributed by atoms with Crippen molar-refractivity contribution in [3.05, 3.63) is 38.3 Å². The van der Waals surface area contributed by atoms with E-state index in [9.17, 15) is 19.7 Å². The van der Waals surface area contributed by atoms with Gasteiger partial charge in [-0.05, 0) is 6.07 Å². The van der Waals surface area contributed by atoms with Gasteiger partial charge in [-0.2, -0.15) is 0 Å².